The standard InChI is InChI=1S/C14H17NO4S/c1-11-4-2-3-5-12(11)8-9-15-20(17,18)14-7-6-13(10-16)19-14/h2-7,15-16H,8-10H2,1H3. The zero-order valence-corrected chi connectivity index (χ0v) is 12.0. The topological polar surface area (TPSA) is 79.5 Å². The molecule has 0 spiro atoms. The van der Waals surface area contributed by atoms with Crippen LogP contribution in [0.25, 0.3) is 0 Å². The van der Waals surface area contributed by atoms with Gasteiger partial charge in [0.25, 0.3) is 10.0 Å². The third-order valence-corrected chi connectivity index (χ3v) is 4.34. The van der Waals surface area contributed by atoms with Gasteiger partial charge in [-0.1, -0.05) is 24.3 Å². The van der Waals surface area contributed by atoms with Crippen molar-refractivity contribution in [2.45, 2.75) is 25.0 Å². The Labute approximate surface area is 118 Å². The predicted molar refractivity (Wildman–Crippen MR) is 74.7 cm³/mol. The summed E-state index contributed by atoms with van der Waals surface area (Å²) in [5.74, 6) is 0.226. The molecule has 0 saturated heterocycles. The minimum Gasteiger partial charge on any atom is -0.446 e. The van der Waals surface area contributed by atoms with Crippen LogP contribution < -0.4 is 4.72 Å². The lowest BCUT2D eigenvalue weighted by Crippen LogP contribution is -2.25. The first kappa shape index (κ1) is 14.8. The number of furan rings is 1. The number of rotatable bonds is 6. The van der Waals surface area contributed by atoms with E-state index in [1.54, 1.807) is 0 Å². The molecule has 0 atom stereocenters. The molecule has 2 rings (SSSR count). The fraction of sp³-hybridized carbons (Fsp3) is 0.286. The molecule has 0 radical (unpaired) electrons. The van der Waals surface area contributed by atoms with Crippen molar-refractivity contribution < 1.29 is 17.9 Å². The summed E-state index contributed by atoms with van der Waals surface area (Å²) in [5, 5.41) is 8.69. The number of nitrogens with one attached hydrogen (secondary N) is 1. The molecule has 5 nitrogen and oxygen atoms in total. The van der Waals surface area contributed by atoms with Crippen molar-refractivity contribution in [2.24, 2.45) is 0 Å². The maximum absolute atomic E-state index is 12.0. The highest BCUT2D eigenvalue weighted by atomic mass is 32.2. The van der Waals surface area contributed by atoms with Gasteiger partial charge in [-0.05, 0) is 36.6 Å². The van der Waals surface area contributed by atoms with Crippen LogP contribution in [0, 0.1) is 6.92 Å². The van der Waals surface area contributed by atoms with Gasteiger partial charge in [0.1, 0.15) is 12.4 Å². The Bertz CT molecular complexity index is 676. The first-order valence-electron chi connectivity index (χ1n) is 6.26. The van der Waals surface area contributed by atoms with Crippen LogP contribution in [0.5, 0.6) is 0 Å². The summed E-state index contributed by atoms with van der Waals surface area (Å²) in [6, 6.07) is 10.6. The molecule has 1 aromatic carbocycles. The Kier molecular flexibility index (Phi) is 4.59. The molecule has 0 saturated carbocycles. The van der Waals surface area contributed by atoms with E-state index >= 15 is 0 Å². The van der Waals surface area contributed by atoms with Crippen LogP contribution in [0.15, 0.2) is 45.9 Å². The van der Waals surface area contributed by atoms with Crippen molar-refractivity contribution >= 4 is 10.0 Å². The first-order chi connectivity index (χ1) is 9.53. The molecule has 1 aromatic heterocycles. The van der Waals surface area contributed by atoms with Gasteiger partial charge >= 0.3 is 0 Å². The molecule has 0 amide bonds. The maximum atomic E-state index is 12.0. The van der Waals surface area contributed by atoms with Gasteiger partial charge in [0.2, 0.25) is 5.09 Å². The highest BCUT2D eigenvalue weighted by Crippen LogP contribution is 2.14. The molecular weight excluding hydrogens is 278 g/mol. The van der Waals surface area contributed by atoms with E-state index in [1.165, 1.54) is 12.1 Å². The van der Waals surface area contributed by atoms with Gasteiger partial charge in [0.15, 0.2) is 0 Å². The van der Waals surface area contributed by atoms with E-state index in [0.717, 1.165) is 11.1 Å². The maximum Gasteiger partial charge on any atom is 0.273 e. The van der Waals surface area contributed by atoms with Gasteiger partial charge in [0, 0.05) is 6.54 Å². The Morgan fingerprint density at radius 3 is 2.60 bits per heavy atom. The average molecular weight is 295 g/mol. The fourth-order valence-corrected chi connectivity index (χ4v) is 2.85. The van der Waals surface area contributed by atoms with Gasteiger partial charge < -0.3 is 9.52 Å². The summed E-state index contributed by atoms with van der Waals surface area (Å²) in [7, 11) is -3.66. The molecule has 0 unspecified atom stereocenters. The number of aliphatic hydroxyl groups is 1. The smallest absolute Gasteiger partial charge is 0.273 e. The molecule has 0 aliphatic rings. The van der Waals surface area contributed by atoms with Crippen molar-refractivity contribution in [3.05, 3.63) is 53.3 Å². The van der Waals surface area contributed by atoms with E-state index < -0.39 is 10.0 Å². The van der Waals surface area contributed by atoms with E-state index in [2.05, 4.69) is 4.72 Å². The Hall–Kier alpha value is -1.63. The summed E-state index contributed by atoms with van der Waals surface area (Å²) in [6.45, 7) is 1.96. The molecule has 2 aromatic rings. The number of benzene rings is 1. The molecule has 1 heterocycles. The van der Waals surface area contributed by atoms with Crippen molar-refractivity contribution in [2.75, 3.05) is 6.54 Å². The molecule has 6 heteroatoms. The summed E-state index contributed by atoms with van der Waals surface area (Å²) in [5.41, 5.74) is 2.23. The van der Waals surface area contributed by atoms with Crippen molar-refractivity contribution in [3.63, 3.8) is 0 Å². The van der Waals surface area contributed by atoms with Crippen LogP contribution in [0.1, 0.15) is 16.9 Å². The van der Waals surface area contributed by atoms with Crippen molar-refractivity contribution in [1.82, 2.24) is 4.72 Å². The largest absolute Gasteiger partial charge is 0.446 e. The van der Waals surface area contributed by atoms with Gasteiger partial charge in [0.05, 0.1) is 0 Å². The molecule has 2 N–H and O–H groups in total. The third kappa shape index (κ3) is 3.47. The molecule has 20 heavy (non-hydrogen) atoms. The Morgan fingerprint density at radius 2 is 1.95 bits per heavy atom. The third-order valence-electron chi connectivity index (χ3n) is 3.01. The predicted octanol–water partition coefficient (Wildman–Crippen LogP) is 1.60. The van der Waals surface area contributed by atoms with Crippen LogP contribution >= 0.6 is 0 Å². The van der Waals surface area contributed by atoms with Crippen molar-refractivity contribution in [1.29, 1.82) is 0 Å². The number of hydrogen-bond donors (Lipinski definition) is 2. The number of aryl methyl sites for hydroxylation is 1. The zero-order chi connectivity index (χ0) is 14.6. The highest BCUT2D eigenvalue weighted by molar-refractivity contribution is 7.89. The lowest BCUT2D eigenvalue weighted by atomic mass is 10.1. The second-order valence-electron chi connectivity index (χ2n) is 4.45. The van der Waals surface area contributed by atoms with Crippen LogP contribution in [0.4, 0.5) is 0 Å². The highest BCUT2D eigenvalue weighted by Gasteiger charge is 2.18. The molecule has 0 bridgehead atoms. The van der Waals surface area contributed by atoms with Crippen molar-refractivity contribution in [3.8, 4) is 0 Å². The quantitative estimate of drug-likeness (QED) is 0.848. The summed E-state index contributed by atoms with van der Waals surface area (Å²) in [4.78, 5) is 0. The minimum atomic E-state index is -3.66. The fourth-order valence-electron chi connectivity index (χ4n) is 1.87. The second-order valence-corrected chi connectivity index (χ2v) is 6.15. The number of sulfonamides is 1. The van der Waals surface area contributed by atoms with Crippen LogP contribution in [0.3, 0.4) is 0 Å². The van der Waals surface area contributed by atoms with E-state index in [1.807, 2.05) is 31.2 Å². The van der Waals surface area contributed by atoms with Crippen LogP contribution in [-0.4, -0.2) is 20.1 Å². The minimum absolute atomic E-state index is 0.175. The van der Waals surface area contributed by atoms with Crippen LogP contribution in [0.2, 0.25) is 0 Å². The monoisotopic (exact) mass is 295 g/mol. The summed E-state index contributed by atoms with van der Waals surface area (Å²) in [6.07, 6.45) is 0.611. The molecular formula is C14H17NO4S. The average Bonchev–Trinajstić information content (AvgIpc) is 2.90. The SMILES string of the molecule is Cc1ccccc1CCNS(=O)(=O)c1ccc(CO)o1. The van der Waals surface area contributed by atoms with E-state index in [4.69, 9.17) is 9.52 Å². The summed E-state index contributed by atoms with van der Waals surface area (Å²) < 4.78 is 31.4. The molecule has 0 aliphatic heterocycles. The molecule has 0 aliphatic carbocycles. The van der Waals surface area contributed by atoms with Crippen LogP contribution in [-0.2, 0) is 23.1 Å². The van der Waals surface area contributed by atoms with E-state index in [-0.39, 0.29) is 17.5 Å². The first-order valence-corrected chi connectivity index (χ1v) is 7.75. The Balaban J connectivity index is 1.98. The molecule has 0 fully saturated rings. The van der Waals surface area contributed by atoms with Gasteiger partial charge in [-0.3, -0.25) is 0 Å². The normalized spacial score (nSPS) is 11.7. The van der Waals surface area contributed by atoms with Gasteiger partial charge in [-0.2, -0.15) is 0 Å². The lowest BCUT2D eigenvalue weighted by molar-refractivity contribution is 0.236. The van der Waals surface area contributed by atoms with E-state index in [9.17, 15) is 8.42 Å². The second kappa shape index (κ2) is 6.21. The molecule has 108 valence electrons. The van der Waals surface area contributed by atoms with Gasteiger partial charge in [-0.15, -0.1) is 0 Å². The number of hydrogen-bond acceptors (Lipinski definition) is 4. The Morgan fingerprint density at radius 1 is 1.20 bits per heavy atom. The van der Waals surface area contributed by atoms with E-state index in [0.29, 0.717) is 13.0 Å². The van der Waals surface area contributed by atoms with Gasteiger partial charge in [-0.25, -0.2) is 13.1 Å². The number of aliphatic hydroxyl groups excluding tert-OH is 1. The lowest BCUT2D eigenvalue weighted by Gasteiger charge is -2.06. The zero-order valence-electron chi connectivity index (χ0n) is 11.2. The summed E-state index contributed by atoms with van der Waals surface area (Å²) >= 11 is 0.